The maximum absolute atomic E-state index is 12.7. The van der Waals surface area contributed by atoms with Crippen LogP contribution >= 0.6 is 0 Å². The molecule has 0 aliphatic heterocycles. The Morgan fingerprint density at radius 3 is 2.24 bits per heavy atom. The molecule has 0 aromatic heterocycles. The second kappa shape index (κ2) is 6.88. The zero-order valence-corrected chi connectivity index (χ0v) is 15.2. The summed E-state index contributed by atoms with van der Waals surface area (Å²) in [5.41, 5.74) is 1.05. The van der Waals surface area contributed by atoms with E-state index in [0.717, 1.165) is 12.8 Å². The normalized spacial score (nSPS) is 15.4. The van der Waals surface area contributed by atoms with Crippen molar-refractivity contribution in [2.45, 2.75) is 30.7 Å². The highest BCUT2D eigenvalue weighted by Crippen LogP contribution is 2.32. The van der Waals surface area contributed by atoms with E-state index < -0.39 is 10.0 Å². The van der Waals surface area contributed by atoms with E-state index in [1.807, 2.05) is 13.0 Å². The van der Waals surface area contributed by atoms with Crippen molar-refractivity contribution in [2.75, 3.05) is 11.4 Å². The van der Waals surface area contributed by atoms with E-state index in [1.165, 1.54) is 23.5 Å². The molecule has 6 heteroatoms. The standard InChI is InChI=1S/C19H22N2O3S/c1-14(15-8-9-15)20-19(22)16-10-12-18(13-11-16)25(23,24)21(2)17-6-4-3-5-7-17/h3-7,10-15H,8-9H2,1-2H3,(H,20,22)/t14-/m1/s1. The summed E-state index contributed by atoms with van der Waals surface area (Å²) in [6, 6.07) is 15.1. The van der Waals surface area contributed by atoms with Crippen LogP contribution in [0, 0.1) is 5.92 Å². The fourth-order valence-corrected chi connectivity index (χ4v) is 3.91. The molecule has 0 bridgehead atoms. The van der Waals surface area contributed by atoms with Crippen LogP contribution in [0.1, 0.15) is 30.1 Å². The van der Waals surface area contributed by atoms with E-state index in [-0.39, 0.29) is 16.8 Å². The van der Waals surface area contributed by atoms with Crippen molar-refractivity contribution < 1.29 is 13.2 Å². The highest BCUT2D eigenvalue weighted by atomic mass is 32.2. The van der Waals surface area contributed by atoms with Crippen LogP contribution in [0.5, 0.6) is 0 Å². The van der Waals surface area contributed by atoms with E-state index >= 15 is 0 Å². The van der Waals surface area contributed by atoms with Crippen LogP contribution in [-0.4, -0.2) is 27.4 Å². The number of sulfonamides is 1. The first kappa shape index (κ1) is 17.5. The first-order chi connectivity index (χ1) is 11.9. The van der Waals surface area contributed by atoms with Gasteiger partial charge in [-0.3, -0.25) is 9.10 Å². The Kier molecular flexibility index (Phi) is 4.81. The molecular weight excluding hydrogens is 336 g/mol. The maximum Gasteiger partial charge on any atom is 0.264 e. The van der Waals surface area contributed by atoms with Crippen molar-refractivity contribution >= 4 is 21.6 Å². The molecule has 0 radical (unpaired) electrons. The summed E-state index contributed by atoms with van der Waals surface area (Å²) in [6.07, 6.45) is 2.31. The summed E-state index contributed by atoms with van der Waals surface area (Å²) >= 11 is 0. The van der Waals surface area contributed by atoms with Gasteiger partial charge in [0.25, 0.3) is 15.9 Å². The van der Waals surface area contributed by atoms with E-state index in [9.17, 15) is 13.2 Å². The third-order valence-corrected chi connectivity index (χ3v) is 6.38. The molecule has 1 atom stereocenters. The molecule has 0 heterocycles. The lowest BCUT2D eigenvalue weighted by molar-refractivity contribution is 0.0935. The molecule has 1 fully saturated rings. The molecule has 1 aliphatic carbocycles. The van der Waals surface area contributed by atoms with Gasteiger partial charge in [-0.15, -0.1) is 0 Å². The van der Waals surface area contributed by atoms with Crippen molar-refractivity contribution in [3.05, 3.63) is 60.2 Å². The largest absolute Gasteiger partial charge is 0.349 e. The smallest absolute Gasteiger partial charge is 0.264 e. The predicted octanol–water partition coefficient (Wildman–Crippen LogP) is 3.04. The lowest BCUT2D eigenvalue weighted by Gasteiger charge is -2.19. The summed E-state index contributed by atoms with van der Waals surface area (Å²) in [6.45, 7) is 2.00. The minimum absolute atomic E-state index is 0.153. The van der Waals surface area contributed by atoms with Crippen molar-refractivity contribution in [1.29, 1.82) is 0 Å². The van der Waals surface area contributed by atoms with Crippen molar-refractivity contribution in [3.8, 4) is 0 Å². The van der Waals surface area contributed by atoms with Crippen LogP contribution in [0.4, 0.5) is 5.69 Å². The molecule has 2 aromatic carbocycles. The summed E-state index contributed by atoms with van der Waals surface area (Å²) in [5.74, 6) is 0.405. The SMILES string of the molecule is C[C@@H](NC(=O)c1ccc(S(=O)(=O)N(C)c2ccccc2)cc1)C1CC1. The zero-order chi connectivity index (χ0) is 18.0. The van der Waals surface area contributed by atoms with Crippen LogP contribution in [0.2, 0.25) is 0 Å². The Bertz CT molecular complexity index is 844. The van der Waals surface area contributed by atoms with Gasteiger partial charge in [0.2, 0.25) is 0 Å². The highest BCUT2D eigenvalue weighted by Gasteiger charge is 2.29. The van der Waals surface area contributed by atoms with Crippen molar-refractivity contribution in [1.82, 2.24) is 5.32 Å². The number of carbonyl (C=O) groups excluding carboxylic acids is 1. The first-order valence-electron chi connectivity index (χ1n) is 8.34. The monoisotopic (exact) mass is 358 g/mol. The molecule has 1 saturated carbocycles. The van der Waals surface area contributed by atoms with Gasteiger partial charge in [0, 0.05) is 18.7 Å². The molecule has 132 valence electrons. The van der Waals surface area contributed by atoms with Gasteiger partial charge >= 0.3 is 0 Å². The minimum atomic E-state index is -3.66. The molecule has 3 rings (SSSR count). The summed E-state index contributed by atoms with van der Waals surface area (Å²) in [7, 11) is -2.14. The fourth-order valence-electron chi connectivity index (χ4n) is 2.72. The second-order valence-corrected chi connectivity index (χ2v) is 8.40. The average molecular weight is 358 g/mol. The van der Waals surface area contributed by atoms with Crippen molar-refractivity contribution in [2.24, 2.45) is 5.92 Å². The Hall–Kier alpha value is -2.34. The Morgan fingerprint density at radius 2 is 1.68 bits per heavy atom. The van der Waals surface area contributed by atoms with Crippen molar-refractivity contribution in [3.63, 3.8) is 0 Å². The van der Waals surface area contributed by atoms with Crippen LogP contribution < -0.4 is 9.62 Å². The quantitative estimate of drug-likeness (QED) is 0.863. The average Bonchev–Trinajstić information content (AvgIpc) is 3.47. The number of carbonyl (C=O) groups is 1. The molecule has 1 aliphatic rings. The predicted molar refractivity (Wildman–Crippen MR) is 98.1 cm³/mol. The molecular formula is C19H22N2O3S. The number of anilines is 1. The van der Waals surface area contributed by atoms with Crippen LogP contribution in [0.15, 0.2) is 59.5 Å². The third-order valence-electron chi connectivity index (χ3n) is 4.58. The number of nitrogens with one attached hydrogen (secondary N) is 1. The number of nitrogens with zero attached hydrogens (tertiary/aromatic N) is 1. The van der Waals surface area contributed by atoms with Crippen LogP contribution in [0.25, 0.3) is 0 Å². The van der Waals surface area contributed by atoms with E-state index in [4.69, 9.17) is 0 Å². The molecule has 0 saturated heterocycles. The number of hydrogen-bond acceptors (Lipinski definition) is 3. The van der Waals surface area contributed by atoms with Gasteiger partial charge in [-0.05, 0) is 62.1 Å². The van der Waals surface area contributed by atoms with E-state index in [1.54, 1.807) is 36.4 Å². The maximum atomic E-state index is 12.7. The summed E-state index contributed by atoms with van der Waals surface area (Å²) in [5, 5.41) is 2.97. The molecule has 25 heavy (non-hydrogen) atoms. The van der Waals surface area contributed by atoms with Gasteiger partial charge in [0.15, 0.2) is 0 Å². The number of hydrogen-bond donors (Lipinski definition) is 1. The Balaban J connectivity index is 1.75. The number of benzene rings is 2. The topological polar surface area (TPSA) is 66.5 Å². The van der Waals surface area contributed by atoms with Gasteiger partial charge in [0.05, 0.1) is 10.6 Å². The lowest BCUT2D eigenvalue weighted by atomic mass is 10.1. The second-order valence-electron chi connectivity index (χ2n) is 6.43. The van der Waals surface area contributed by atoms with Gasteiger partial charge in [-0.2, -0.15) is 0 Å². The molecule has 1 amide bonds. The molecule has 1 N–H and O–H groups in total. The van der Waals surface area contributed by atoms with E-state index in [0.29, 0.717) is 17.2 Å². The minimum Gasteiger partial charge on any atom is -0.349 e. The number of amides is 1. The Morgan fingerprint density at radius 1 is 1.08 bits per heavy atom. The number of para-hydroxylation sites is 1. The third kappa shape index (κ3) is 3.85. The molecule has 0 unspecified atom stereocenters. The first-order valence-corrected chi connectivity index (χ1v) is 9.78. The van der Waals surface area contributed by atoms with Crippen LogP contribution in [-0.2, 0) is 10.0 Å². The zero-order valence-electron chi connectivity index (χ0n) is 14.3. The van der Waals surface area contributed by atoms with Gasteiger partial charge in [-0.1, -0.05) is 18.2 Å². The summed E-state index contributed by atoms with van der Waals surface area (Å²) < 4.78 is 26.7. The highest BCUT2D eigenvalue weighted by molar-refractivity contribution is 7.92. The molecule has 2 aromatic rings. The Labute approximate surface area is 148 Å². The molecule has 0 spiro atoms. The van der Waals surface area contributed by atoms with Gasteiger partial charge in [-0.25, -0.2) is 8.42 Å². The lowest BCUT2D eigenvalue weighted by Crippen LogP contribution is -2.34. The summed E-state index contributed by atoms with van der Waals surface area (Å²) in [4.78, 5) is 12.4. The number of rotatable bonds is 6. The van der Waals surface area contributed by atoms with Gasteiger partial charge < -0.3 is 5.32 Å². The molecule has 5 nitrogen and oxygen atoms in total. The van der Waals surface area contributed by atoms with Crippen LogP contribution in [0.3, 0.4) is 0 Å². The van der Waals surface area contributed by atoms with E-state index in [2.05, 4.69) is 5.32 Å². The van der Waals surface area contributed by atoms with Gasteiger partial charge in [0.1, 0.15) is 0 Å². The fraction of sp³-hybridized carbons (Fsp3) is 0.316.